The molecule has 1 aromatic heterocycles. The first-order chi connectivity index (χ1) is 8.79. The molecule has 18 heavy (non-hydrogen) atoms. The van der Waals surface area contributed by atoms with Crippen molar-refractivity contribution in [3.05, 3.63) is 36.1 Å². The molecule has 0 amide bonds. The Morgan fingerprint density at radius 3 is 2.89 bits per heavy atom. The number of likely N-dealkylation sites (N-methyl/N-ethyl adjacent to an activating group) is 1. The second-order valence-electron chi connectivity index (χ2n) is 5.32. The van der Waals surface area contributed by atoms with Crippen LogP contribution in [0, 0.1) is 5.92 Å². The van der Waals surface area contributed by atoms with E-state index in [4.69, 9.17) is 10.2 Å². The minimum Gasteiger partial charge on any atom is -0.464 e. The molecule has 0 radical (unpaired) electrons. The van der Waals surface area contributed by atoms with Crippen molar-refractivity contribution in [3.8, 4) is 0 Å². The Balaban J connectivity index is 1.89. The summed E-state index contributed by atoms with van der Waals surface area (Å²) in [6, 6.07) is 8.43. The number of para-hydroxylation sites is 1. The molecule has 1 unspecified atom stereocenters. The SMILES string of the molecule is CN(CC1CC1)C(CN)c1coc2ccccc12. The third-order valence-electron chi connectivity index (χ3n) is 3.87. The molecular weight excluding hydrogens is 224 g/mol. The molecule has 2 N–H and O–H groups in total. The van der Waals surface area contributed by atoms with E-state index in [2.05, 4.69) is 24.1 Å². The Morgan fingerprint density at radius 2 is 2.17 bits per heavy atom. The summed E-state index contributed by atoms with van der Waals surface area (Å²) in [5.41, 5.74) is 8.14. The number of nitrogens with zero attached hydrogens (tertiary/aromatic N) is 1. The van der Waals surface area contributed by atoms with E-state index in [-0.39, 0.29) is 6.04 Å². The molecule has 1 heterocycles. The monoisotopic (exact) mass is 244 g/mol. The maximum Gasteiger partial charge on any atom is 0.134 e. The molecule has 3 heteroatoms. The van der Waals surface area contributed by atoms with Gasteiger partial charge < -0.3 is 10.2 Å². The highest BCUT2D eigenvalue weighted by Crippen LogP contribution is 2.34. The number of fused-ring (bicyclic) bond motifs is 1. The van der Waals surface area contributed by atoms with Crippen molar-refractivity contribution in [1.29, 1.82) is 0 Å². The minimum atomic E-state index is 0.259. The normalized spacial score (nSPS) is 17.5. The van der Waals surface area contributed by atoms with Gasteiger partial charge in [0, 0.05) is 24.0 Å². The first-order valence-electron chi connectivity index (χ1n) is 6.66. The van der Waals surface area contributed by atoms with Gasteiger partial charge in [0.15, 0.2) is 0 Å². The lowest BCUT2D eigenvalue weighted by molar-refractivity contribution is 0.240. The molecule has 2 aromatic rings. The van der Waals surface area contributed by atoms with Gasteiger partial charge >= 0.3 is 0 Å². The smallest absolute Gasteiger partial charge is 0.134 e. The molecule has 1 atom stereocenters. The van der Waals surface area contributed by atoms with E-state index in [0.29, 0.717) is 6.54 Å². The van der Waals surface area contributed by atoms with Gasteiger partial charge in [0.2, 0.25) is 0 Å². The lowest BCUT2D eigenvalue weighted by atomic mass is 10.0. The summed E-state index contributed by atoms with van der Waals surface area (Å²) in [5.74, 6) is 0.877. The Kier molecular flexibility index (Phi) is 3.10. The van der Waals surface area contributed by atoms with Gasteiger partial charge in [0.05, 0.1) is 12.3 Å². The van der Waals surface area contributed by atoms with Gasteiger partial charge in [-0.3, -0.25) is 4.90 Å². The Labute approximate surface area is 108 Å². The van der Waals surface area contributed by atoms with Crippen LogP contribution in [-0.2, 0) is 0 Å². The van der Waals surface area contributed by atoms with Crippen molar-refractivity contribution >= 4 is 11.0 Å². The predicted octanol–water partition coefficient (Wildman–Crippen LogP) is 2.77. The Bertz CT molecular complexity index is 530. The summed E-state index contributed by atoms with van der Waals surface area (Å²) in [5, 5.41) is 1.19. The maximum absolute atomic E-state index is 5.97. The standard InChI is InChI=1S/C15H20N2O/c1-17(9-11-6-7-11)14(8-16)13-10-18-15-5-3-2-4-12(13)15/h2-5,10-11,14H,6-9,16H2,1H3. The van der Waals surface area contributed by atoms with E-state index >= 15 is 0 Å². The number of rotatable bonds is 5. The van der Waals surface area contributed by atoms with E-state index in [1.54, 1.807) is 0 Å². The Morgan fingerprint density at radius 1 is 1.39 bits per heavy atom. The number of hydrogen-bond acceptors (Lipinski definition) is 3. The average molecular weight is 244 g/mol. The molecule has 1 saturated carbocycles. The van der Waals surface area contributed by atoms with Gasteiger partial charge in [-0.25, -0.2) is 0 Å². The summed E-state index contributed by atoms with van der Waals surface area (Å²) in [6.07, 6.45) is 4.60. The van der Waals surface area contributed by atoms with Gasteiger partial charge in [0.1, 0.15) is 5.58 Å². The highest BCUT2D eigenvalue weighted by atomic mass is 16.3. The van der Waals surface area contributed by atoms with Gasteiger partial charge in [-0.15, -0.1) is 0 Å². The fourth-order valence-electron chi connectivity index (χ4n) is 2.64. The van der Waals surface area contributed by atoms with Gasteiger partial charge in [0.25, 0.3) is 0 Å². The molecule has 0 spiro atoms. The summed E-state index contributed by atoms with van der Waals surface area (Å²) < 4.78 is 5.62. The molecule has 0 saturated heterocycles. The quantitative estimate of drug-likeness (QED) is 0.879. The molecule has 1 aromatic carbocycles. The topological polar surface area (TPSA) is 42.4 Å². The largest absolute Gasteiger partial charge is 0.464 e. The molecule has 3 nitrogen and oxygen atoms in total. The summed E-state index contributed by atoms with van der Waals surface area (Å²) in [6.45, 7) is 1.77. The van der Waals surface area contributed by atoms with E-state index in [1.807, 2.05) is 18.4 Å². The minimum absolute atomic E-state index is 0.259. The van der Waals surface area contributed by atoms with Crippen LogP contribution in [0.5, 0.6) is 0 Å². The van der Waals surface area contributed by atoms with E-state index in [0.717, 1.165) is 18.0 Å². The molecular formula is C15H20N2O. The maximum atomic E-state index is 5.97. The van der Waals surface area contributed by atoms with Crippen LogP contribution in [0.2, 0.25) is 0 Å². The molecule has 1 fully saturated rings. The number of furan rings is 1. The molecule has 0 bridgehead atoms. The van der Waals surface area contributed by atoms with E-state index in [9.17, 15) is 0 Å². The van der Waals surface area contributed by atoms with Crippen LogP contribution in [0.1, 0.15) is 24.4 Å². The molecule has 0 aliphatic heterocycles. The Hall–Kier alpha value is -1.32. The highest BCUT2D eigenvalue weighted by molar-refractivity contribution is 5.81. The fourth-order valence-corrected chi connectivity index (χ4v) is 2.64. The van der Waals surface area contributed by atoms with Crippen molar-refractivity contribution in [3.63, 3.8) is 0 Å². The van der Waals surface area contributed by atoms with Gasteiger partial charge in [-0.2, -0.15) is 0 Å². The second-order valence-corrected chi connectivity index (χ2v) is 5.32. The first kappa shape index (κ1) is 11.8. The third-order valence-corrected chi connectivity index (χ3v) is 3.87. The molecule has 1 aliphatic rings. The lowest BCUT2D eigenvalue weighted by Gasteiger charge is -2.26. The van der Waals surface area contributed by atoms with Crippen LogP contribution in [0.25, 0.3) is 11.0 Å². The fraction of sp³-hybridized carbons (Fsp3) is 0.467. The average Bonchev–Trinajstić information content (AvgIpc) is 3.09. The molecule has 96 valence electrons. The van der Waals surface area contributed by atoms with E-state index in [1.165, 1.54) is 23.8 Å². The summed E-state index contributed by atoms with van der Waals surface area (Å²) >= 11 is 0. The van der Waals surface area contributed by atoms with Gasteiger partial charge in [-0.05, 0) is 31.9 Å². The lowest BCUT2D eigenvalue weighted by Crippen LogP contribution is -2.31. The summed E-state index contributed by atoms with van der Waals surface area (Å²) in [4.78, 5) is 2.37. The zero-order chi connectivity index (χ0) is 12.5. The van der Waals surface area contributed by atoms with Crippen LogP contribution in [0.15, 0.2) is 34.9 Å². The second kappa shape index (κ2) is 4.75. The zero-order valence-electron chi connectivity index (χ0n) is 10.8. The number of nitrogens with two attached hydrogens (primary N) is 1. The van der Waals surface area contributed by atoms with Crippen molar-refractivity contribution in [2.45, 2.75) is 18.9 Å². The van der Waals surface area contributed by atoms with Crippen LogP contribution >= 0.6 is 0 Å². The highest BCUT2D eigenvalue weighted by Gasteiger charge is 2.27. The van der Waals surface area contributed by atoms with Crippen molar-refractivity contribution in [2.75, 3.05) is 20.1 Å². The zero-order valence-corrected chi connectivity index (χ0v) is 10.8. The van der Waals surface area contributed by atoms with Crippen LogP contribution in [0.4, 0.5) is 0 Å². The third kappa shape index (κ3) is 2.16. The summed E-state index contributed by atoms with van der Waals surface area (Å²) in [7, 11) is 2.16. The van der Waals surface area contributed by atoms with Crippen LogP contribution in [0.3, 0.4) is 0 Å². The molecule has 1 aliphatic carbocycles. The van der Waals surface area contributed by atoms with Gasteiger partial charge in [-0.1, -0.05) is 18.2 Å². The van der Waals surface area contributed by atoms with E-state index < -0.39 is 0 Å². The van der Waals surface area contributed by atoms with Crippen molar-refractivity contribution in [1.82, 2.24) is 4.90 Å². The number of hydrogen-bond donors (Lipinski definition) is 1. The molecule has 3 rings (SSSR count). The van der Waals surface area contributed by atoms with Crippen LogP contribution < -0.4 is 5.73 Å². The number of benzene rings is 1. The van der Waals surface area contributed by atoms with Crippen molar-refractivity contribution in [2.24, 2.45) is 11.7 Å². The first-order valence-corrected chi connectivity index (χ1v) is 6.66. The van der Waals surface area contributed by atoms with Crippen LogP contribution in [-0.4, -0.2) is 25.0 Å². The predicted molar refractivity (Wildman–Crippen MR) is 73.4 cm³/mol. The van der Waals surface area contributed by atoms with Crippen molar-refractivity contribution < 1.29 is 4.42 Å².